The molecule has 1 unspecified atom stereocenters. The van der Waals surface area contributed by atoms with Crippen molar-refractivity contribution in [2.45, 2.75) is 110 Å². The normalized spacial score (nSPS) is 14.8. The first-order valence-electron chi connectivity index (χ1n) is 12.7. The molecule has 0 aromatic heterocycles. The van der Waals surface area contributed by atoms with Crippen molar-refractivity contribution in [3.8, 4) is 0 Å². The molecule has 0 saturated heterocycles. The van der Waals surface area contributed by atoms with Crippen LogP contribution in [0.15, 0.2) is 0 Å². The smallest absolute Gasteiger partial charge is 0.460 e. The van der Waals surface area contributed by atoms with Gasteiger partial charge < -0.3 is 14.1 Å². The summed E-state index contributed by atoms with van der Waals surface area (Å²) in [6, 6.07) is 0. The van der Waals surface area contributed by atoms with Crippen LogP contribution in [0.4, 0.5) is 0 Å². The molecule has 2 atom stereocenters. The van der Waals surface area contributed by atoms with Gasteiger partial charge in [0.15, 0.2) is 0 Å². The van der Waals surface area contributed by atoms with E-state index < -0.39 is 13.9 Å². The van der Waals surface area contributed by atoms with E-state index in [2.05, 4.69) is 6.92 Å². The third-order valence-corrected chi connectivity index (χ3v) is 6.29. The molecule has 0 aromatic carbocycles. The first-order chi connectivity index (χ1) is 15.1. The molecular formula is C24H51NO6P+. The maximum absolute atomic E-state index is 11.9. The lowest BCUT2D eigenvalue weighted by atomic mass is 10.0. The quantitative estimate of drug-likeness (QED) is 0.0855. The van der Waals surface area contributed by atoms with Gasteiger partial charge in [0.1, 0.15) is 19.3 Å². The summed E-state index contributed by atoms with van der Waals surface area (Å²) in [5.41, 5.74) is 0. The fourth-order valence-electron chi connectivity index (χ4n) is 3.27. The van der Waals surface area contributed by atoms with Crippen molar-refractivity contribution in [1.82, 2.24) is 0 Å². The molecule has 7 nitrogen and oxygen atoms in total. The molecule has 192 valence electrons. The minimum atomic E-state index is -4.13. The van der Waals surface area contributed by atoms with Crippen LogP contribution >= 0.6 is 7.82 Å². The van der Waals surface area contributed by atoms with Crippen LogP contribution in [0.1, 0.15) is 104 Å². The zero-order valence-corrected chi connectivity index (χ0v) is 22.4. The van der Waals surface area contributed by atoms with Crippen LogP contribution in [0.5, 0.6) is 0 Å². The summed E-state index contributed by atoms with van der Waals surface area (Å²) in [5, 5.41) is 0. The van der Waals surface area contributed by atoms with Crippen molar-refractivity contribution >= 4 is 13.8 Å². The topological polar surface area (TPSA) is 82.1 Å². The van der Waals surface area contributed by atoms with Gasteiger partial charge in [-0.15, -0.1) is 0 Å². The van der Waals surface area contributed by atoms with Crippen LogP contribution in [-0.4, -0.2) is 62.4 Å². The highest BCUT2D eigenvalue weighted by molar-refractivity contribution is 7.47. The molecule has 0 fully saturated rings. The molecule has 0 aromatic rings. The number of unbranched alkanes of at least 4 members (excludes halogenated alkanes) is 12. The number of hydrogen-bond donors (Lipinski definition) is 1. The molecule has 32 heavy (non-hydrogen) atoms. The van der Waals surface area contributed by atoms with Gasteiger partial charge in [-0.25, -0.2) is 4.57 Å². The van der Waals surface area contributed by atoms with Gasteiger partial charge in [-0.3, -0.25) is 13.8 Å². The van der Waals surface area contributed by atoms with E-state index in [9.17, 15) is 14.3 Å². The Balaban J connectivity index is 3.60. The summed E-state index contributed by atoms with van der Waals surface area (Å²) in [7, 11) is 1.76. The van der Waals surface area contributed by atoms with Gasteiger partial charge in [0.05, 0.1) is 27.7 Å². The summed E-state index contributed by atoms with van der Waals surface area (Å²) in [6.07, 6.45) is 16.2. The third kappa shape index (κ3) is 22.7. The van der Waals surface area contributed by atoms with Crippen LogP contribution in [0.2, 0.25) is 0 Å². The van der Waals surface area contributed by atoms with E-state index in [1.54, 1.807) is 6.92 Å². The maximum atomic E-state index is 11.9. The highest BCUT2D eigenvalue weighted by Crippen LogP contribution is 2.43. The molecule has 0 bridgehead atoms. The second-order valence-electron chi connectivity index (χ2n) is 9.90. The Morgan fingerprint density at radius 3 is 1.78 bits per heavy atom. The number of rotatable bonds is 22. The predicted octanol–water partition coefficient (Wildman–Crippen LogP) is 6.24. The fraction of sp³-hybridized carbons (Fsp3) is 0.958. The Morgan fingerprint density at radius 2 is 1.31 bits per heavy atom. The monoisotopic (exact) mass is 480 g/mol. The van der Waals surface area contributed by atoms with Gasteiger partial charge in [-0.1, -0.05) is 84.0 Å². The standard InChI is InChI=1S/C24H50NO6P/c1-6-7-8-9-10-11-12-13-14-15-16-17-18-19-24(26)31-23(2)22-30-32(27,28)29-21-20-25(3,4)5/h23H,6-22H2,1-5H3/p+1/t23-/m1/s1. The van der Waals surface area contributed by atoms with Crippen LogP contribution in [0.3, 0.4) is 0 Å². The summed E-state index contributed by atoms with van der Waals surface area (Å²) in [6.45, 7) is 4.43. The highest BCUT2D eigenvalue weighted by atomic mass is 31.2. The number of likely N-dealkylation sites (N-methyl/N-ethyl adjacent to an activating group) is 1. The van der Waals surface area contributed by atoms with Gasteiger partial charge in [0, 0.05) is 6.42 Å². The SMILES string of the molecule is CCCCCCCCCCCCCCCC(=O)O[C@H](C)COP(=O)(O)OCC[N+](C)(C)C. The van der Waals surface area contributed by atoms with E-state index in [-0.39, 0.29) is 19.2 Å². The lowest BCUT2D eigenvalue weighted by Crippen LogP contribution is -2.37. The molecule has 8 heteroatoms. The number of ether oxygens (including phenoxy) is 1. The van der Waals surface area contributed by atoms with Gasteiger partial charge in [-0.05, 0) is 13.3 Å². The molecule has 0 saturated carbocycles. The summed E-state index contributed by atoms with van der Waals surface area (Å²) in [4.78, 5) is 21.6. The molecule has 0 rings (SSSR count). The van der Waals surface area contributed by atoms with Crippen molar-refractivity contribution in [3.05, 3.63) is 0 Å². The number of esters is 1. The molecule has 0 radical (unpaired) electrons. The number of phosphoric ester groups is 1. The highest BCUT2D eigenvalue weighted by Gasteiger charge is 2.24. The number of phosphoric acid groups is 1. The molecular weight excluding hydrogens is 429 g/mol. The van der Waals surface area contributed by atoms with Crippen molar-refractivity contribution in [3.63, 3.8) is 0 Å². The zero-order valence-electron chi connectivity index (χ0n) is 21.5. The summed E-state index contributed by atoms with van der Waals surface area (Å²) < 4.78 is 27.6. The molecule has 0 aliphatic rings. The van der Waals surface area contributed by atoms with Crippen molar-refractivity contribution < 1.29 is 32.5 Å². The van der Waals surface area contributed by atoms with Gasteiger partial charge in [0.2, 0.25) is 0 Å². The fourth-order valence-corrected chi connectivity index (χ4v) is 4.06. The van der Waals surface area contributed by atoms with Crippen molar-refractivity contribution in [2.75, 3.05) is 40.9 Å². The van der Waals surface area contributed by atoms with Crippen LogP contribution in [0, 0.1) is 0 Å². The second kappa shape index (κ2) is 18.9. The number of nitrogens with zero attached hydrogens (tertiary/aromatic N) is 1. The molecule has 0 aliphatic heterocycles. The second-order valence-corrected chi connectivity index (χ2v) is 11.4. The number of hydrogen-bond acceptors (Lipinski definition) is 5. The van der Waals surface area contributed by atoms with Crippen LogP contribution in [-0.2, 0) is 23.1 Å². The lowest BCUT2D eigenvalue weighted by Gasteiger charge is -2.24. The van der Waals surface area contributed by atoms with E-state index >= 15 is 0 Å². The molecule has 0 amide bonds. The van der Waals surface area contributed by atoms with Crippen molar-refractivity contribution in [1.29, 1.82) is 0 Å². The minimum Gasteiger partial charge on any atom is -0.460 e. The predicted molar refractivity (Wildman–Crippen MR) is 130 cm³/mol. The Hall–Kier alpha value is -0.460. The maximum Gasteiger partial charge on any atom is 0.472 e. The van der Waals surface area contributed by atoms with E-state index in [1.807, 2.05) is 21.1 Å². The Labute approximate surface area is 197 Å². The van der Waals surface area contributed by atoms with E-state index in [0.29, 0.717) is 17.4 Å². The number of carbonyl (C=O) groups is 1. The number of carbonyl (C=O) groups excluding carboxylic acids is 1. The molecule has 1 N–H and O–H groups in total. The molecule has 0 heterocycles. The van der Waals surface area contributed by atoms with Crippen LogP contribution in [0.25, 0.3) is 0 Å². The minimum absolute atomic E-state index is 0.116. The summed E-state index contributed by atoms with van der Waals surface area (Å²) >= 11 is 0. The molecule has 0 aliphatic carbocycles. The van der Waals surface area contributed by atoms with E-state index in [4.69, 9.17) is 13.8 Å². The third-order valence-electron chi connectivity index (χ3n) is 5.31. The van der Waals surface area contributed by atoms with Gasteiger partial charge in [-0.2, -0.15) is 0 Å². The Kier molecular flexibility index (Phi) is 18.6. The van der Waals surface area contributed by atoms with Crippen LogP contribution < -0.4 is 0 Å². The van der Waals surface area contributed by atoms with Crippen molar-refractivity contribution in [2.24, 2.45) is 0 Å². The first kappa shape index (κ1) is 31.5. The zero-order chi connectivity index (χ0) is 24.3. The Bertz CT molecular complexity index is 509. The Morgan fingerprint density at radius 1 is 0.844 bits per heavy atom. The van der Waals surface area contributed by atoms with Gasteiger partial charge in [0.25, 0.3) is 0 Å². The number of quaternary nitrogens is 1. The average molecular weight is 481 g/mol. The lowest BCUT2D eigenvalue weighted by molar-refractivity contribution is -0.870. The van der Waals surface area contributed by atoms with E-state index in [1.165, 1.54) is 64.2 Å². The largest absolute Gasteiger partial charge is 0.472 e. The van der Waals surface area contributed by atoms with Gasteiger partial charge >= 0.3 is 13.8 Å². The average Bonchev–Trinajstić information content (AvgIpc) is 2.69. The van der Waals surface area contributed by atoms with E-state index in [0.717, 1.165) is 19.3 Å². The first-order valence-corrected chi connectivity index (χ1v) is 14.2. The summed E-state index contributed by atoms with van der Waals surface area (Å²) in [5.74, 6) is -0.289. The molecule has 0 spiro atoms.